The Hall–Kier alpha value is -1.55. The highest BCUT2D eigenvalue weighted by molar-refractivity contribution is 6.31. The van der Waals surface area contributed by atoms with Gasteiger partial charge in [-0.3, -0.25) is 4.79 Å². The first kappa shape index (κ1) is 15.5. The smallest absolute Gasteiger partial charge is 0.407 e. The van der Waals surface area contributed by atoms with Crippen molar-refractivity contribution in [2.45, 2.75) is 39.8 Å². The van der Waals surface area contributed by atoms with E-state index in [1.165, 1.54) is 6.92 Å². The highest BCUT2D eigenvalue weighted by Crippen LogP contribution is 2.16. The molecule has 19 heavy (non-hydrogen) atoms. The molecular formula is C14H18ClNO3. The zero-order valence-corrected chi connectivity index (χ0v) is 12.3. The number of Topliss-reactive ketones (excluding diaryl/α,β-unsaturated/α-hetero) is 1. The Morgan fingerprint density at radius 1 is 1.26 bits per heavy atom. The van der Waals surface area contributed by atoms with Crippen LogP contribution in [0.15, 0.2) is 18.2 Å². The normalized spacial score (nSPS) is 11.0. The van der Waals surface area contributed by atoms with E-state index in [1.54, 1.807) is 39.0 Å². The SMILES string of the molecule is CC(=O)c1cc(Cl)cc(CNC(=O)OC(C)(C)C)c1. The van der Waals surface area contributed by atoms with E-state index >= 15 is 0 Å². The lowest BCUT2D eigenvalue weighted by atomic mass is 10.1. The zero-order valence-electron chi connectivity index (χ0n) is 11.5. The lowest BCUT2D eigenvalue weighted by Crippen LogP contribution is -2.32. The molecule has 5 heteroatoms. The summed E-state index contributed by atoms with van der Waals surface area (Å²) in [6, 6.07) is 5.00. The van der Waals surface area contributed by atoms with Crippen molar-refractivity contribution < 1.29 is 14.3 Å². The number of ketones is 1. The lowest BCUT2D eigenvalue weighted by Gasteiger charge is -2.19. The molecule has 1 aromatic carbocycles. The third kappa shape index (κ3) is 5.75. The van der Waals surface area contributed by atoms with E-state index in [-0.39, 0.29) is 12.3 Å². The molecular weight excluding hydrogens is 266 g/mol. The summed E-state index contributed by atoms with van der Waals surface area (Å²) in [7, 11) is 0. The Morgan fingerprint density at radius 3 is 2.42 bits per heavy atom. The highest BCUT2D eigenvalue weighted by Gasteiger charge is 2.15. The maximum Gasteiger partial charge on any atom is 0.407 e. The maximum atomic E-state index is 11.5. The van der Waals surface area contributed by atoms with Crippen LogP contribution in [0.4, 0.5) is 4.79 Å². The number of carbonyl (C=O) groups is 2. The van der Waals surface area contributed by atoms with E-state index < -0.39 is 11.7 Å². The first-order chi connectivity index (χ1) is 8.67. The Bertz CT molecular complexity index is 492. The van der Waals surface area contributed by atoms with Gasteiger partial charge >= 0.3 is 6.09 Å². The summed E-state index contributed by atoms with van der Waals surface area (Å²) in [5, 5.41) is 3.08. The summed E-state index contributed by atoms with van der Waals surface area (Å²) >= 11 is 5.92. The van der Waals surface area contributed by atoms with E-state index in [2.05, 4.69) is 5.32 Å². The fraction of sp³-hybridized carbons (Fsp3) is 0.429. The Balaban J connectivity index is 2.68. The van der Waals surface area contributed by atoms with Crippen LogP contribution < -0.4 is 5.32 Å². The third-order valence-corrected chi connectivity index (χ3v) is 2.42. The average molecular weight is 284 g/mol. The number of halogens is 1. The highest BCUT2D eigenvalue weighted by atomic mass is 35.5. The topological polar surface area (TPSA) is 55.4 Å². The molecule has 0 heterocycles. The average Bonchev–Trinajstić information content (AvgIpc) is 2.23. The van der Waals surface area contributed by atoms with Gasteiger partial charge in [-0.05, 0) is 51.5 Å². The molecule has 0 saturated heterocycles. The largest absolute Gasteiger partial charge is 0.444 e. The van der Waals surface area contributed by atoms with Gasteiger partial charge in [-0.15, -0.1) is 0 Å². The number of rotatable bonds is 3. The summed E-state index contributed by atoms with van der Waals surface area (Å²) < 4.78 is 5.12. The summed E-state index contributed by atoms with van der Waals surface area (Å²) in [6.45, 7) is 7.10. The number of hydrogen-bond acceptors (Lipinski definition) is 3. The molecule has 0 fully saturated rings. The van der Waals surface area contributed by atoms with Crippen LogP contribution in [0, 0.1) is 0 Å². The van der Waals surface area contributed by atoms with Crippen LogP contribution in [0.5, 0.6) is 0 Å². The van der Waals surface area contributed by atoms with Gasteiger partial charge in [0.05, 0.1) is 0 Å². The van der Waals surface area contributed by atoms with Gasteiger partial charge in [0.1, 0.15) is 5.60 Å². The van der Waals surface area contributed by atoms with Crippen LogP contribution in [-0.4, -0.2) is 17.5 Å². The van der Waals surface area contributed by atoms with Crippen molar-refractivity contribution in [2.75, 3.05) is 0 Å². The zero-order chi connectivity index (χ0) is 14.6. The second-order valence-electron chi connectivity index (χ2n) is 5.26. The van der Waals surface area contributed by atoms with Crippen LogP contribution in [0.2, 0.25) is 5.02 Å². The van der Waals surface area contributed by atoms with Crippen molar-refractivity contribution in [2.24, 2.45) is 0 Å². The first-order valence-corrected chi connectivity index (χ1v) is 6.32. The van der Waals surface area contributed by atoms with Gasteiger partial charge in [-0.2, -0.15) is 0 Å². The van der Waals surface area contributed by atoms with Gasteiger partial charge < -0.3 is 10.1 Å². The quantitative estimate of drug-likeness (QED) is 0.863. The van der Waals surface area contributed by atoms with Crippen LogP contribution in [-0.2, 0) is 11.3 Å². The van der Waals surface area contributed by atoms with E-state index in [1.807, 2.05) is 0 Å². The number of benzene rings is 1. The minimum atomic E-state index is -0.539. The molecule has 1 N–H and O–H groups in total. The summed E-state index contributed by atoms with van der Waals surface area (Å²) in [5.74, 6) is -0.0685. The third-order valence-electron chi connectivity index (χ3n) is 2.20. The first-order valence-electron chi connectivity index (χ1n) is 5.94. The molecule has 1 aromatic rings. The molecule has 0 spiro atoms. The van der Waals surface area contributed by atoms with Crippen molar-refractivity contribution in [3.05, 3.63) is 34.3 Å². The lowest BCUT2D eigenvalue weighted by molar-refractivity contribution is 0.0523. The van der Waals surface area contributed by atoms with Gasteiger partial charge in [0.15, 0.2) is 5.78 Å². The number of ether oxygens (including phenoxy) is 1. The van der Waals surface area contributed by atoms with Crippen molar-refractivity contribution in [3.8, 4) is 0 Å². The van der Waals surface area contributed by atoms with Crippen LogP contribution >= 0.6 is 11.6 Å². The standard InChI is InChI=1S/C14H18ClNO3/c1-9(17)11-5-10(6-12(15)7-11)8-16-13(18)19-14(2,3)4/h5-7H,8H2,1-4H3,(H,16,18). The predicted molar refractivity (Wildman–Crippen MR) is 74.5 cm³/mol. The fourth-order valence-electron chi connectivity index (χ4n) is 1.44. The van der Waals surface area contributed by atoms with Gasteiger partial charge in [-0.1, -0.05) is 11.6 Å². The van der Waals surface area contributed by atoms with Gasteiger partial charge in [0.2, 0.25) is 0 Å². The molecule has 0 unspecified atom stereocenters. The van der Waals surface area contributed by atoms with Crippen LogP contribution in [0.25, 0.3) is 0 Å². The Labute approximate surface area is 118 Å². The molecule has 0 radical (unpaired) electrons. The molecule has 1 amide bonds. The minimum absolute atomic E-state index is 0.0685. The van der Waals surface area contributed by atoms with E-state index in [0.29, 0.717) is 10.6 Å². The van der Waals surface area contributed by atoms with E-state index in [4.69, 9.17) is 16.3 Å². The number of amides is 1. The second kappa shape index (κ2) is 6.06. The van der Waals surface area contributed by atoms with Gasteiger partial charge in [0.25, 0.3) is 0 Å². The minimum Gasteiger partial charge on any atom is -0.444 e. The molecule has 104 valence electrons. The summed E-state index contributed by atoms with van der Waals surface area (Å²) in [5.41, 5.74) is 0.736. The van der Waals surface area contributed by atoms with Gasteiger partial charge in [0, 0.05) is 17.1 Å². The summed E-state index contributed by atoms with van der Waals surface area (Å²) in [6.07, 6.45) is -0.503. The monoisotopic (exact) mass is 283 g/mol. The Kier molecular flexibility index (Phi) is 4.95. The van der Waals surface area contributed by atoms with Crippen molar-refractivity contribution >= 4 is 23.5 Å². The number of hydrogen-bond donors (Lipinski definition) is 1. The van der Waals surface area contributed by atoms with Crippen LogP contribution in [0.1, 0.15) is 43.6 Å². The summed E-state index contributed by atoms with van der Waals surface area (Å²) in [4.78, 5) is 22.8. The molecule has 0 saturated carbocycles. The predicted octanol–water partition coefficient (Wildman–Crippen LogP) is 3.57. The molecule has 0 bridgehead atoms. The number of carbonyl (C=O) groups excluding carboxylic acids is 2. The molecule has 0 aliphatic carbocycles. The van der Waals surface area contributed by atoms with Crippen LogP contribution in [0.3, 0.4) is 0 Å². The molecule has 1 rings (SSSR count). The number of alkyl carbamates (subject to hydrolysis) is 1. The fourth-order valence-corrected chi connectivity index (χ4v) is 1.70. The molecule has 0 atom stereocenters. The van der Waals surface area contributed by atoms with Crippen molar-refractivity contribution in [1.29, 1.82) is 0 Å². The molecule has 0 aromatic heterocycles. The van der Waals surface area contributed by atoms with Crippen molar-refractivity contribution in [1.82, 2.24) is 5.32 Å². The van der Waals surface area contributed by atoms with Crippen molar-refractivity contribution in [3.63, 3.8) is 0 Å². The second-order valence-corrected chi connectivity index (χ2v) is 5.70. The number of nitrogens with one attached hydrogen (secondary N) is 1. The van der Waals surface area contributed by atoms with E-state index in [0.717, 1.165) is 5.56 Å². The molecule has 0 aliphatic heterocycles. The van der Waals surface area contributed by atoms with Gasteiger partial charge in [-0.25, -0.2) is 4.79 Å². The Morgan fingerprint density at radius 2 is 1.89 bits per heavy atom. The van der Waals surface area contributed by atoms with E-state index in [9.17, 15) is 9.59 Å². The molecule has 4 nitrogen and oxygen atoms in total. The maximum absolute atomic E-state index is 11.5. The molecule has 0 aliphatic rings.